The summed E-state index contributed by atoms with van der Waals surface area (Å²) in [7, 11) is 1.83. The van der Waals surface area contributed by atoms with Gasteiger partial charge in [0.2, 0.25) is 5.91 Å². The molecule has 120 valence electrons. The van der Waals surface area contributed by atoms with E-state index in [1.54, 1.807) is 11.3 Å². The summed E-state index contributed by atoms with van der Waals surface area (Å²) in [6, 6.07) is 7.63. The van der Waals surface area contributed by atoms with Crippen molar-refractivity contribution in [3.63, 3.8) is 0 Å². The maximum atomic E-state index is 11.6. The summed E-state index contributed by atoms with van der Waals surface area (Å²) in [5.74, 6) is 0.0326. The number of aromatic nitrogens is 1. The van der Waals surface area contributed by atoms with Gasteiger partial charge >= 0.3 is 0 Å². The molecule has 1 amide bonds. The van der Waals surface area contributed by atoms with E-state index in [0.717, 1.165) is 21.1 Å². The first-order valence-electron chi connectivity index (χ1n) is 6.73. The number of halogens is 2. The molecule has 7 heteroatoms. The Morgan fingerprint density at radius 3 is 2.64 bits per heavy atom. The van der Waals surface area contributed by atoms with Gasteiger partial charge in [0.05, 0.1) is 12.2 Å². The first-order chi connectivity index (χ1) is 10.1. The SMILES string of the molecule is CNCCC(=O)NCc1nc(-c2ccc(Cl)cc2)c(C)s1.Cl. The Morgan fingerprint density at radius 2 is 2.00 bits per heavy atom. The van der Waals surface area contributed by atoms with Crippen LogP contribution in [0.4, 0.5) is 0 Å². The van der Waals surface area contributed by atoms with Crippen LogP contribution in [-0.2, 0) is 11.3 Å². The third kappa shape index (κ3) is 5.25. The molecule has 0 fully saturated rings. The lowest BCUT2D eigenvalue weighted by Crippen LogP contribution is -2.25. The highest BCUT2D eigenvalue weighted by Crippen LogP contribution is 2.28. The van der Waals surface area contributed by atoms with Gasteiger partial charge in [-0.3, -0.25) is 4.79 Å². The van der Waals surface area contributed by atoms with E-state index in [1.807, 2.05) is 38.2 Å². The van der Waals surface area contributed by atoms with Crippen molar-refractivity contribution in [2.45, 2.75) is 19.9 Å². The molecule has 4 nitrogen and oxygen atoms in total. The Labute approximate surface area is 145 Å². The number of amides is 1. The highest BCUT2D eigenvalue weighted by Gasteiger charge is 2.10. The molecule has 1 aromatic heterocycles. The van der Waals surface area contributed by atoms with Crippen molar-refractivity contribution >= 4 is 41.3 Å². The van der Waals surface area contributed by atoms with Crippen LogP contribution in [-0.4, -0.2) is 24.5 Å². The molecule has 2 N–H and O–H groups in total. The third-order valence-corrected chi connectivity index (χ3v) is 4.22. The third-order valence-electron chi connectivity index (χ3n) is 3.00. The summed E-state index contributed by atoms with van der Waals surface area (Å²) in [4.78, 5) is 17.3. The second-order valence-electron chi connectivity index (χ2n) is 4.65. The molecule has 0 bridgehead atoms. The van der Waals surface area contributed by atoms with E-state index in [1.165, 1.54) is 0 Å². The lowest BCUT2D eigenvalue weighted by molar-refractivity contribution is -0.121. The number of carbonyl (C=O) groups excluding carboxylic acids is 1. The molecule has 0 atom stereocenters. The lowest BCUT2D eigenvalue weighted by Gasteiger charge is -2.02. The van der Waals surface area contributed by atoms with Crippen LogP contribution in [0.1, 0.15) is 16.3 Å². The van der Waals surface area contributed by atoms with Gasteiger partial charge in [-0.25, -0.2) is 4.98 Å². The van der Waals surface area contributed by atoms with Gasteiger partial charge in [0, 0.05) is 28.4 Å². The predicted octanol–water partition coefficient (Wildman–Crippen LogP) is 3.42. The van der Waals surface area contributed by atoms with Crippen molar-refractivity contribution in [3.05, 3.63) is 39.2 Å². The van der Waals surface area contributed by atoms with Crippen molar-refractivity contribution in [3.8, 4) is 11.3 Å². The van der Waals surface area contributed by atoms with E-state index < -0.39 is 0 Å². The standard InChI is InChI=1S/C15H18ClN3OS.ClH/c1-10-15(11-3-5-12(16)6-4-11)19-14(21-10)9-18-13(20)7-8-17-2;/h3-6,17H,7-9H2,1-2H3,(H,18,20);1H. The second-order valence-corrected chi connectivity index (χ2v) is 6.37. The molecule has 22 heavy (non-hydrogen) atoms. The van der Waals surface area contributed by atoms with Crippen molar-refractivity contribution < 1.29 is 4.79 Å². The van der Waals surface area contributed by atoms with E-state index >= 15 is 0 Å². The number of hydrogen-bond acceptors (Lipinski definition) is 4. The first kappa shape index (κ1) is 18.9. The molecule has 0 aliphatic carbocycles. The number of hydrogen-bond donors (Lipinski definition) is 2. The van der Waals surface area contributed by atoms with Gasteiger partial charge in [-0.1, -0.05) is 23.7 Å². The van der Waals surface area contributed by atoms with Crippen LogP contribution in [0.25, 0.3) is 11.3 Å². The number of carbonyl (C=O) groups is 1. The average molecular weight is 360 g/mol. The van der Waals surface area contributed by atoms with Crippen LogP contribution >= 0.6 is 35.3 Å². The smallest absolute Gasteiger partial charge is 0.221 e. The molecular formula is C15H19Cl2N3OS. The summed E-state index contributed by atoms with van der Waals surface area (Å²) < 4.78 is 0. The number of nitrogens with zero attached hydrogens (tertiary/aromatic N) is 1. The molecule has 1 aromatic carbocycles. The molecule has 0 aliphatic rings. The summed E-state index contributed by atoms with van der Waals surface area (Å²) in [5.41, 5.74) is 2.00. The molecule has 1 heterocycles. The van der Waals surface area contributed by atoms with Gasteiger partial charge in [0.25, 0.3) is 0 Å². The zero-order valence-electron chi connectivity index (χ0n) is 12.5. The maximum absolute atomic E-state index is 11.6. The number of thiazole rings is 1. The van der Waals surface area contributed by atoms with Crippen LogP contribution in [0.5, 0.6) is 0 Å². The fourth-order valence-corrected chi connectivity index (χ4v) is 2.92. The molecule has 0 saturated carbocycles. The Balaban J connectivity index is 0.00000242. The van der Waals surface area contributed by atoms with Gasteiger partial charge in [0.15, 0.2) is 0 Å². The van der Waals surface area contributed by atoms with E-state index in [0.29, 0.717) is 24.5 Å². The zero-order valence-corrected chi connectivity index (χ0v) is 14.9. The number of nitrogens with one attached hydrogen (secondary N) is 2. The minimum absolute atomic E-state index is 0. The van der Waals surface area contributed by atoms with E-state index in [2.05, 4.69) is 15.6 Å². The van der Waals surface area contributed by atoms with Crippen molar-refractivity contribution in [1.29, 1.82) is 0 Å². The molecular weight excluding hydrogens is 341 g/mol. The quantitative estimate of drug-likeness (QED) is 0.830. The Morgan fingerprint density at radius 1 is 1.32 bits per heavy atom. The highest BCUT2D eigenvalue weighted by molar-refractivity contribution is 7.12. The second kappa shape index (κ2) is 9.10. The topological polar surface area (TPSA) is 54.0 Å². The molecule has 2 rings (SSSR count). The van der Waals surface area contributed by atoms with Crippen LogP contribution < -0.4 is 10.6 Å². The van der Waals surface area contributed by atoms with Crippen molar-refractivity contribution in [2.24, 2.45) is 0 Å². The summed E-state index contributed by atoms with van der Waals surface area (Å²) >= 11 is 7.50. The Hall–Kier alpha value is -1.14. The highest BCUT2D eigenvalue weighted by atomic mass is 35.5. The molecule has 2 aromatic rings. The van der Waals surface area contributed by atoms with Gasteiger partial charge in [0.1, 0.15) is 5.01 Å². The molecule has 0 radical (unpaired) electrons. The monoisotopic (exact) mass is 359 g/mol. The van der Waals surface area contributed by atoms with Crippen LogP contribution in [0, 0.1) is 6.92 Å². The summed E-state index contributed by atoms with van der Waals surface area (Å²) in [6.07, 6.45) is 0.477. The van der Waals surface area contributed by atoms with E-state index in [4.69, 9.17) is 11.6 Å². The summed E-state index contributed by atoms with van der Waals surface area (Å²) in [5, 5.41) is 7.46. The Bertz CT molecular complexity index is 614. The number of benzene rings is 1. The minimum Gasteiger partial charge on any atom is -0.350 e. The van der Waals surface area contributed by atoms with Crippen molar-refractivity contribution in [2.75, 3.05) is 13.6 Å². The molecule has 0 unspecified atom stereocenters. The van der Waals surface area contributed by atoms with Crippen LogP contribution in [0.15, 0.2) is 24.3 Å². The molecule has 0 saturated heterocycles. The number of aryl methyl sites for hydroxylation is 1. The average Bonchev–Trinajstić information content (AvgIpc) is 2.85. The fraction of sp³-hybridized carbons (Fsp3) is 0.333. The lowest BCUT2D eigenvalue weighted by atomic mass is 10.1. The first-order valence-corrected chi connectivity index (χ1v) is 7.93. The minimum atomic E-state index is 0. The largest absolute Gasteiger partial charge is 0.350 e. The zero-order chi connectivity index (χ0) is 15.2. The fourth-order valence-electron chi connectivity index (χ4n) is 1.90. The summed E-state index contributed by atoms with van der Waals surface area (Å²) in [6.45, 7) is 3.19. The molecule has 0 aliphatic heterocycles. The van der Waals surface area contributed by atoms with E-state index in [-0.39, 0.29) is 18.3 Å². The Kier molecular flexibility index (Phi) is 7.82. The van der Waals surface area contributed by atoms with Gasteiger partial charge in [-0.15, -0.1) is 23.7 Å². The number of rotatable bonds is 6. The van der Waals surface area contributed by atoms with Gasteiger partial charge < -0.3 is 10.6 Å². The normalized spacial score (nSPS) is 10.1. The maximum Gasteiger partial charge on any atom is 0.221 e. The van der Waals surface area contributed by atoms with Gasteiger partial charge in [-0.05, 0) is 26.1 Å². The van der Waals surface area contributed by atoms with Gasteiger partial charge in [-0.2, -0.15) is 0 Å². The molecule has 0 spiro atoms. The van der Waals surface area contributed by atoms with Crippen molar-refractivity contribution in [1.82, 2.24) is 15.6 Å². The van der Waals surface area contributed by atoms with E-state index in [9.17, 15) is 4.79 Å². The predicted molar refractivity (Wildman–Crippen MR) is 94.9 cm³/mol. The van der Waals surface area contributed by atoms with Crippen LogP contribution in [0.3, 0.4) is 0 Å². The van der Waals surface area contributed by atoms with Crippen LogP contribution in [0.2, 0.25) is 5.02 Å².